The van der Waals surface area contributed by atoms with Crippen LogP contribution in [0.1, 0.15) is 39.5 Å². The van der Waals surface area contributed by atoms with Crippen molar-refractivity contribution in [1.29, 1.82) is 0 Å². The van der Waals surface area contributed by atoms with Crippen molar-refractivity contribution in [3.05, 3.63) is 25.2 Å². The Morgan fingerprint density at radius 3 is 2.46 bits per heavy atom. The van der Waals surface area contributed by atoms with Gasteiger partial charge < -0.3 is 4.74 Å². The van der Waals surface area contributed by atoms with Crippen LogP contribution in [0.2, 0.25) is 0 Å². The fourth-order valence-electron chi connectivity index (χ4n) is 1.92. The molecule has 0 amide bonds. The van der Waals surface area contributed by atoms with E-state index in [9.17, 15) is 0 Å². The van der Waals surface area contributed by atoms with Gasteiger partial charge in [0.15, 0.2) is 0 Å². The molecule has 1 saturated carbocycles. The Labute approximate surface area is 81.5 Å². The lowest BCUT2D eigenvalue weighted by molar-refractivity contribution is 0.143. The average molecular weight is 180 g/mol. The fourth-order valence-corrected chi connectivity index (χ4v) is 1.92. The second-order valence-corrected chi connectivity index (χ2v) is 4.45. The quantitative estimate of drug-likeness (QED) is 0.599. The number of hydrogen-bond acceptors (Lipinski definition) is 1. The standard InChI is InChI=1S/C12H20O/c1-5-13-11(3)12(4)8-6-10(2)7-9-12/h5,10H,1,3,6-9H2,2,4H3. The van der Waals surface area contributed by atoms with Crippen LogP contribution in [-0.2, 0) is 4.74 Å². The summed E-state index contributed by atoms with van der Waals surface area (Å²) in [6, 6.07) is 0. The van der Waals surface area contributed by atoms with E-state index in [2.05, 4.69) is 27.0 Å². The highest BCUT2D eigenvalue weighted by Crippen LogP contribution is 2.43. The molecule has 0 radical (unpaired) electrons. The summed E-state index contributed by atoms with van der Waals surface area (Å²) in [4.78, 5) is 0. The van der Waals surface area contributed by atoms with Crippen molar-refractivity contribution in [3.63, 3.8) is 0 Å². The SMILES string of the molecule is C=COC(=C)C1(C)CCC(C)CC1. The number of allylic oxidation sites excluding steroid dienone is 1. The molecule has 0 bridgehead atoms. The van der Waals surface area contributed by atoms with Crippen LogP contribution < -0.4 is 0 Å². The molecule has 74 valence electrons. The highest BCUT2D eigenvalue weighted by molar-refractivity contribution is 5.04. The van der Waals surface area contributed by atoms with E-state index in [1.54, 1.807) is 0 Å². The van der Waals surface area contributed by atoms with E-state index < -0.39 is 0 Å². The van der Waals surface area contributed by atoms with Gasteiger partial charge in [-0.15, -0.1) is 0 Å². The lowest BCUT2D eigenvalue weighted by atomic mass is 9.71. The molecular formula is C12H20O. The van der Waals surface area contributed by atoms with Gasteiger partial charge in [-0.25, -0.2) is 0 Å². The Balaban J connectivity index is 2.55. The zero-order chi connectivity index (χ0) is 9.90. The Morgan fingerprint density at radius 1 is 1.46 bits per heavy atom. The first-order valence-corrected chi connectivity index (χ1v) is 5.05. The predicted octanol–water partition coefficient (Wildman–Crippen LogP) is 3.88. The van der Waals surface area contributed by atoms with Crippen LogP contribution in [0, 0.1) is 11.3 Å². The molecule has 13 heavy (non-hydrogen) atoms. The van der Waals surface area contributed by atoms with Crippen molar-refractivity contribution < 1.29 is 4.74 Å². The summed E-state index contributed by atoms with van der Waals surface area (Å²) in [6.45, 7) is 12.1. The zero-order valence-electron chi connectivity index (χ0n) is 8.81. The summed E-state index contributed by atoms with van der Waals surface area (Å²) in [5.41, 5.74) is 0.181. The van der Waals surface area contributed by atoms with Gasteiger partial charge in [0.05, 0.1) is 6.26 Å². The molecule has 0 aromatic carbocycles. The normalized spacial score (nSPS) is 33.8. The molecule has 0 aromatic heterocycles. The van der Waals surface area contributed by atoms with Crippen molar-refractivity contribution in [3.8, 4) is 0 Å². The lowest BCUT2D eigenvalue weighted by Gasteiger charge is -2.36. The van der Waals surface area contributed by atoms with E-state index >= 15 is 0 Å². The third kappa shape index (κ3) is 2.36. The lowest BCUT2D eigenvalue weighted by Crippen LogP contribution is -2.25. The van der Waals surface area contributed by atoms with Crippen molar-refractivity contribution in [2.75, 3.05) is 0 Å². The Kier molecular flexibility index (Phi) is 3.18. The molecule has 0 N–H and O–H groups in total. The van der Waals surface area contributed by atoms with Gasteiger partial charge in [-0.1, -0.05) is 27.0 Å². The number of ether oxygens (including phenoxy) is 1. The van der Waals surface area contributed by atoms with Crippen molar-refractivity contribution in [1.82, 2.24) is 0 Å². The molecule has 0 atom stereocenters. The third-order valence-electron chi connectivity index (χ3n) is 3.28. The van der Waals surface area contributed by atoms with Gasteiger partial charge in [-0.05, 0) is 31.6 Å². The molecule has 1 rings (SSSR count). The number of hydrogen-bond donors (Lipinski definition) is 0. The van der Waals surface area contributed by atoms with Crippen LogP contribution in [0.15, 0.2) is 25.2 Å². The van der Waals surface area contributed by atoms with Gasteiger partial charge in [0.25, 0.3) is 0 Å². The number of rotatable bonds is 3. The summed E-state index contributed by atoms with van der Waals surface area (Å²) in [6.07, 6.45) is 6.44. The van der Waals surface area contributed by atoms with Crippen LogP contribution in [-0.4, -0.2) is 0 Å². The molecule has 0 aliphatic heterocycles. The topological polar surface area (TPSA) is 9.23 Å². The van der Waals surface area contributed by atoms with E-state index in [0.717, 1.165) is 11.7 Å². The minimum atomic E-state index is 0.181. The monoisotopic (exact) mass is 180 g/mol. The van der Waals surface area contributed by atoms with Gasteiger partial charge >= 0.3 is 0 Å². The highest BCUT2D eigenvalue weighted by atomic mass is 16.5. The molecule has 0 aromatic rings. The minimum Gasteiger partial charge on any atom is -0.470 e. The molecule has 0 unspecified atom stereocenters. The first-order chi connectivity index (χ1) is 6.08. The van der Waals surface area contributed by atoms with E-state index in [1.807, 2.05) is 0 Å². The van der Waals surface area contributed by atoms with Gasteiger partial charge in [-0.3, -0.25) is 0 Å². The highest BCUT2D eigenvalue weighted by Gasteiger charge is 2.33. The summed E-state index contributed by atoms with van der Waals surface area (Å²) in [7, 11) is 0. The van der Waals surface area contributed by atoms with Crippen LogP contribution in [0.4, 0.5) is 0 Å². The maximum absolute atomic E-state index is 5.29. The molecular weight excluding hydrogens is 160 g/mol. The van der Waals surface area contributed by atoms with Crippen molar-refractivity contribution >= 4 is 0 Å². The zero-order valence-corrected chi connectivity index (χ0v) is 8.81. The Bertz CT molecular complexity index is 197. The van der Waals surface area contributed by atoms with Gasteiger partial charge in [-0.2, -0.15) is 0 Å². The molecule has 1 aliphatic rings. The van der Waals surface area contributed by atoms with Crippen LogP contribution in [0.25, 0.3) is 0 Å². The molecule has 1 heteroatoms. The van der Waals surface area contributed by atoms with Gasteiger partial charge in [0, 0.05) is 5.41 Å². The van der Waals surface area contributed by atoms with Crippen LogP contribution >= 0.6 is 0 Å². The molecule has 1 fully saturated rings. The molecule has 0 saturated heterocycles. The maximum atomic E-state index is 5.29. The summed E-state index contributed by atoms with van der Waals surface area (Å²) in [5, 5.41) is 0. The van der Waals surface area contributed by atoms with E-state index in [4.69, 9.17) is 4.74 Å². The third-order valence-corrected chi connectivity index (χ3v) is 3.28. The second-order valence-electron chi connectivity index (χ2n) is 4.45. The van der Waals surface area contributed by atoms with Crippen LogP contribution in [0.5, 0.6) is 0 Å². The first-order valence-electron chi connectivity index (χ1n) is 5.05. The van der Waals surface area contributed by atoms with Crippen molar-refractivity contribution in [2.45, 2.75) is 39.5 Å². The van der Waals surface area contributed by atoms with E-state index in [0.29, 0.717) is 0 Å². The second kappa shape index (κ2) is 3.99. The summed E-state index contributed by atoms with van der Waals surface area (Å²) >= 11 is 0. The molecule has 0 heterocycles. The molecule has 1 aliphatic carbocycles. The Hall–Kier alpha value is -0.720. The van der Waals surface area contributed by atoms with E-state index in [-0.39, 0.29) is 5.41 Å². The molecule has 1 nitrogen and oxygen atoms in total. The van der Waals surface area contributed by atoms with E-state index in [1.165, 1.54) is 31.9 Å². The maximum Gasteiger partial charge on any atom is 0.102 e. The first kappa shape index (κ1) is 10.4. The minimum absolute atomic E-state index is 0.181. The predicted molar refractivity (Wildman–Crippen MR) is 56.2 cm³/mol. The van der Waals surface area contributed by atoms with Gasteiger partial charge in [0.1, 0.15) is 5.76 Å². The van der Waals surface area contributed by atoms with Gasteiger partial charge in [0.2, 0.25) is 0 Å². The van der Waals surface area contributed by atoms with Crippen molar-refractivity contribution in [2.24, 2.45) is 11.3 Å². The van der Waals surface area contributed by atoms with Crippen LogP contribution in [0.3, 0.4) is 0 Å². The molecule has 0 spiro atoms. The smallest absolute Gasteiger partial charge is 0.102 e. The summed E-state index contributed by atoms with van der Waals surface area (Å²) in [5.74, 6) is 1.75. The average Bonchev–Trinajstić information content (AvgIpc) is 2.11. The largest absolute Gasteiger partial charge is 0.470 e. The Morgan fingerprint density at radius 2 is 2.00 bits per heavy atom. The fraction of sp³-hybridized carbons (Fsp3) is 0.667. The summed E-state index contributed by atoms with van der Waals surface area (Å²) < 4.78 is 5.29.